The molecular formula is C11H15N3O4. The third kappa shape index (κ3) is 3.41. The maximum Gasteiger partial charge on any atom is 0.314 e. The summed E-state index contributed by atoms with van der Waals surface area (Å²) in [5.74, 6) is -0.835. The molecule has 18 heavy (non-hydrogen) atoms. The van der Waals surface area contributed by atoms with Crippen molar-refractivity contribution in [2.75, 3.05) is 5.32 Å². The summed E-state index contributed by atoms with van der Waals surface area (Å²) in [6, 6.07) is 1.16. The van der Waals surface area contributed by atoms with Crippen molar-refractivity contribution >= 4 is 17.5 Å². The van der Waals surface area contributed by atoms with Crippen molar-refractivity contribution in [3.05, 3.63) is 27.9 Å². The second-order valence-electron chi connectivity index (χ2n) is 3.93. The fraction of sp³-hybridized carbons (Fsp3) is 0.455. The monoisotopic (exact) mass is 253 g/mol. The van der Waals surface area contributed by atoms with Gasteiger partial charge in [-0.05, 0) is 19.4 Å². The molecule has 2 N–H and O–H groups in total. The van der Waals surface area contributed by atoms with E-state index < -0.39 is 10.9 Å². The van der Waals surface area contributed by atoms with Gasteiger partial charge in [0.15, 0.2) is 0 Å². The molecule has 1 aromatic rings. The van der Waals surface area contributed by atoms with Gasteiger partial charge in [-0.1, -0.05) is 6.92 Å². The Morgan fingerprint density at radius 1 is 1.67 bits per heavy atom. The average Bonchev–Trinajstić information content (AvgIpc) is 2.27. The molecule has 0 aromatic carbocycles. The van der Waals surface area contributed by atoms with Gasteiger partial charge in [0.25, 0.3) is 0 Å². The van der Waals surface area contributed by atoms with E-state index in [1.54, 1.807) is 13.0 Å². The molecule has 1 rings (SSSR count). The zero-order valence-corrected chi connectivity index (χ0v) is 10.2. The van der Waals surface area contributed by atoms with Gasteiger partial charge in [-0.25, -0.2) is 4.98 Å². The first kappa shape index (κ1) is 13.9. The molecule has 0 aliphatic heterocycles. The maximum atomic E-state index is 10.9. The van der Waals surface area contributed by atoms with E-state index in [1.165, 1.54) is 6.20 Å². The van der Waals surface area contributed by atoms with Crippen molar-refractivity contribution in [3.8, 4) is 0 Å². The number of hydrogen-bond acceptors (Lipinski definition) is 5. The van der Waals surface area contributed by atoms with Crippen molar-refractivity contribution in [1.82, 2.24) is 4.98 Å². The number of nitrogens with zero attached hydrogens (tertiary/aromatic N) is 2. The molecule has 7 heteroatoms. The molecule has 1 heterocycles. The minimum atomic E-state index is -0.954. The van der Waals surface area contributed by atoms with Crippen LogP contribution in [0.25, 0.3) is 0 Å². The van der Waals surface area contributed by atoms with Crippen LogP contribution in [0.2, 0.25) is 0 Å². The number of aromatic nitrogens is 1. The third-order valence-corrected chi connectivity index (χ3v) is 2.56. The van der Waals surface area contributed by atoms with Crippen molar-refractivity contribution in [3.63, 3.8) is 0 Å². The van der Waals surface area contributed by atoms with Crippen LogP contribution in [0.4, 0.5) is 11.5 Å². The van der Waals surface area contributed by atoms with Crippen molar-refractivity contribution < 1.29 is 14.8 Å². The molecule has 0 fully saturated rings. The van der Waals surface area contributed by atoms with Gasteiger partial charge in [0.1, 0.15) is 0 Å². The summed E-state index contributed by atoms with van der Waals surface area (Å²) in [7, 11) is 0. The quantitative estimate of drug-likeness (QED) is 0.593. The van der Waals surface area contributed by atoms with Crippen LogP contribution in [0, 0.1) is 17.0 Å². The Balaban J connectivity index is 2.99. The highest BCUT2D eigenvalue weighted by atomic mass is 16.6. The molecule has 0 saturated heterocycles. The lowest BCUT2D eigenvalue weighted by Crippen LogP contribution is -2.23. The first-order valence-corrected chi connectivity index (χ1v) is 5.54. The summed E-state index contributed by atoms with van der Waals surface area (Å²) in [6.45, 7) is 3.42. The number of carboxylic acids is 1. The molecule has 0 amide bonds. The standard InChI is InChI=1S/C11H15N3O4/c1-3-8(6-9(15)16)13-11-10(14(17)18)7(2)4-5-12-11/h4-5,8H,3,6H2,1-2H3,(H,12,13)(H,15,16). The van der Waals surface area contributed by atoms with E-state index in [4.69, 9.17) is 5.11 Å². The van der Waals surface area contributed by atoms with Crippen LogP contribution in [0.3, 0.4) is 0 Å². The van der Waals surface area contributed by atoms with Crippen LogP contribution in [0.1, 0.15) is 25.3 Å². The van der Waals surface area contributed by atoms with E-state index in [2.05, 4.69) is 10.3 Å². The first-order chi connectivity index (χ1) is 8.45. The number of nitro groups is 1. The van der Waals surface area contributed by atoms with Crippen molar-refractivity contribution in [1.29, 1.82) is 0 Å². The summed E-state index contributed by atoms with van der Waals surface area (Å²) >= 11 is 0. The van der Waals surface area contributed by atoms with Gasteiger partial charge >= 0.3 is 11.7 Å². The highest BCUT2D eigenvalue weighted by molar-refractivity contribution is 5.69. The van der Waals surface area contributed by atoms with Gasteiger partial charge in [-0.15, -0.1) is 0 Å². The molecule has 0 aliphatic rings. The van der Waals surface area contributed by atoms with Gasteiger partial charge in [-0.3, -0.25) is 14.9 Å². The molecular weight excluding hydrogens is 238 g/mol. The Morgan fingerprint density at radius 3 is 2.83 bits per heavy atom. The predicted molar refractivity (Wildman–Crippen MR) is 65.6 cm³/mol. The number of rotatable bonds is 6. The second kappa shape index (κ2) is 5.95. The largest absolute Gasteiger partial charge is 0.481 e. The fourth-order valence-electron chi connectivity index (χ4n) is 1.59. The number of anilines is 1. The molecule has 0 radical (unpaired) electrons. The number of aryl methyl sites for hydroxylation is 1. The fourth-order valence-corrected chi connectivity index (χ4v) is 1.59. The zero-order valence-electron chi connectivity index (χ0n) is 10.2. The van der Waals surface area contributed by atoms with Crippen molar-refractivity contribution in [2.45, 2.75) is 32.7 Å². The van der Waals surface area contributed by atoms with Gasteiger partial charge in [0.05, 0.1) is 11.3 Å². The van der Waals surface area contributed by atoms with Crippen LogP contribution < -0.4 is 5.32 Å². The second-order valence-corrected chi connectivity index (χ2v) is 3.93. The van der Waals surface area contributed by atoms with Gasteiger partial charge in [-0.2, -0.15) is 0 Å². The topological polar surface area (TPSA) is 105 Å². The maximum absolute atomic E-state index is 10.9. The predicted octanol–water partition coefficient (Wildman–Crippen LogP) is 1.96. The number of pyridine rings is 1. The number of hydrogen-bond donors (Lipinski definition) is 2. The lowest BCUT2D eigenvalue weighted by atomic mass is 10.1. The molecule has 1 unspecified atom stereocenters. The van der Waals surface area contributed by atoms with Crippen LogP contribution in [-0.4, -0.2) is 27.0 Å². The summed E-state index contributed by atoms with van der Waals surface area (Å²) in [6.07, 6.45) is 1.89. The number of carbonyl (C=O) groups is 1. The Kier molecular flexibility index (Phi) is 4.59. The smallest absolute Gasteiger partial charge is 0.314 e. The number of nitrogens with one attached hydrogen (secondary N) is 1. The Labute approximate surface area is 104 Å². The molecule has 7 nitrogen and oxygen atoms in total. The van der Waals surface area contributed by atoms with Crippen LogP contribution in [0.5, 0.6) is 0 Å². The summed E-state index contributed by atoms with van der Waals surface area (Å²) in [5.41, 5.74) is 0.379. The highest BCUT2D eigenvalue weighted by Crippen LogP contribution is 2.26. The molecule has 1 atom stereocenters. The molecule has 98 valence electrons. The van der Waals surface area contributed by atoms with Crippen LogP contribution >= 0.6 is 0 Å². The molecule has 0 bridgehead atoms. The van der Waals surface area contributed by atoms with Crippen LogP contribution in [0.15, 0.2) is 12.3 Å². The lowest BCUT2D eigenvalue weighted by Gasteiger charge is -2.15. The van der Waals surface area contributed by atoms with Crippen molar-refractivity contribution in [2.24, 2.45) is 0 Å². The lowest BCUT2D eigenvalue weighted by molar-refractivity contribution is -0.384. The number of carboxylic acid groups (broad SMARTS) is 1. The molecule has 0 spiro atoms. The number of aliphatic carboxylic acids is 1. The van der Waals surface area contributed by atoms with E-state index >= 15 is 0 Å². The van der Waals surface area contributed by atoms with E-state index in [0.717, 1.165) is 0 Å². The normalized spacial score (nSPS) is 11.9. The minimum absolute atomic E-state index is 0.108. The van der Waals surface area contributed by atoms with Gasteiger partial charge in [0.2, 0.25) is 5.82 Å². The minimum Gasteiger partial charge on any atom is -0.481 e. The first-order valence-electron chi connectivity index (χ1n) is 5.54. The third-order valence-electron chi connectivity index (χ3n) is 2.56. The zero-order chi connectivity index (χ0) is 13.7. The van der Waals surface area contributed by atoms with E-state index in [9.17, 15) is 14.9 Å². The molecule has 0 saturated carbocycles. The average molecular weight is 253 g/mol. The van der Waals surface area contributed by atoms with E-state index in [0.29, 0.717) is 12.0 Å². The Hall–Kier alpha value is -2.18. The van der Waals surface area contributed by atoms with Crippen LogP contribution in [-0.2, 0) is 4.79 Å². The summed E-state index contributed by atoms with van der Waals surface area (Å²) in [5, 5.41) is 22.5. The Morgan fingerprint density at radius 2 is 2.33 bits per heavy atom. The van der Waals surface area contributed by atoms with E-state index in [-0.39, 0.29) is 24.0 Å². The molecule has 1 aromatic heterocycles. The summed E-state index contributed by atoms with van der Waals surface area (Å²) in [4.78, 5) is 25.0. The highest BCUT2D eigenvalue weighted by Gasteiger charge is 2.21. The SMILES string of the molecule is CCC(CC(=O)O)Nc1nccc(C)c1[N+](=O)[O-]. The summed E-state index contributed by atoms with van der Waals surface area (Å²) < 4.78 is 0. The molecule has 0 aliphatic carbocycles. The Bertz CT molecular complexity index is 462. The van der Waals surface area contributed by atoms with Gasteiger partial charge < -0.3 is 10.4 Å². The van der Waals surface area contributed by atoms with E-state index in [1.807, 2.05) is 6.92 Å². The van der Waals surface area contributed by atoms with Gasteiger partial charge in [0, 0.05) is 17.8 Å².